The number of anilines is 1. The van der Waals surface area contributed by atoms with E-state index in [-0.39, 0.29) is 53.9 Å². The van der Waals surface area contributed by atoms with Crippen molar-refractivity contribution in [2.45, 2.75) is 77.5 Å². The molecule has 1 saturated heterocycles. The van der Waals surface area contributed by atoms with E-state index in [1.54, 1.807) is 30.3 Å². The zero-order valence-electron chi connectivity index (χ0n) is 33.7. The summed E-state index contributed by atoms with van der Waals surface area (Å²) in [4.78, 5) is 65.4. The minimum atomic E-state index is -0.920. The van der Waals surface area contributed by atoms with Crippen molar-refractivity contribution in [3.63, 3.8) is 0 Å². The van der Waals surface area contributed by atoms with E-state index < -0.39 is 23.8 Å². The molecule has 2 heterocycles. The third kappa shape index (κ3) is 10.2. The van der Waals surface area contributed by atoms with Crippen molar-refractivity contribution in [1.29, 1.82) is 0 Å². The van der Waals surface area contributed by atoms with E-state index >= 15 is 0 Å². The fraction of sp³-hybridized carbons (Fsp3) is 0.442. The van der Waals surface area contributed by atoms with Gasteiger partial charge in [-0.2, -0.15) is 5.21 Å². The van der Waals surface area contributed by atoms with Gasteiger partial charge in [0.15, 0.2) is 0 Å². The number of carbonyl (C=O) groups excluding carboxylic acids is 4. The standard InChI is InChI=1S/C43H51N9O7/c1-24-19-30(39(54)47-36-33-22-52(42(57)58)23-34(33)36)15-18-32(24)27-9-5-25(6-10-27)20-35(40(55)45-31-16-13-28(14-17-31)37-48-50-51-49-37)46-38(53)29-11-7-26(8-12-29)21-44-41(56)59-43(2,3)4/h5-6,9-10,13-19,26,29,33-36H,7-8,11-12,20-23H2,1-4H3,(H,44,56)(H,45,55)(H,46,53)(H,47,54)(H,57,58)(H,48,49,50,51)/t26-,29-,33?,34?,35-,36?/m0/s1. The van der Waals surface area contributed by atoms with E-state index in [1.165, 1.54) is 4.90 Å². The lowest BCUT2D eigenvalue weighted by Gasteiger charge is -2.29. The maximum Gasteiger partial charge on any atom is 0.407 e. The lowest BCUT2D eigenvalue weighted by atomic mass is 9.81. The van der Waals surface area contributed by atoms with Crippen molar-refractivity contribution in [3.8, 4) is 22.5 Å². The third-order valence-corrected chi connectivity index (χ3v) is 11.5. The number of carbonyl (C=O) groups is 5. The Hall–Kier alpha value is -6.32. The molecular weight excluding hydrogens is 755 g/mol. The van der Waals surface area contributed by atoms with Crippen LogP contribution in [0.15, 0.2) is 66.7 Å². The summed E-state index contributed by atoms with van der Waals surface area (Å²) in [6, 6.07) is 19.6. The van der Waals surface area contributed by atoms with Gasteiger partial charge in [-0.1, -0.05) is 30.3 Å². The zero-order valence-corrected chi connectivity index (χ0v) is 33.7. The molecule has 310 valence electrons. The summed E-state index contributed by atoms with van der Waals surface area (Å²) < 4.78 is 5.36. The van der Waals surface area contributed by atoms with Crippen molar-refractivity contribution in [1.82, 2.24) is 41.5 Å². The van der Waals surface area contributed by atoms with E-state index in [2.05, 4.69) is 41.9 Å². The number of amides is 5. The molecule has 59 heavy (non-hydrogen) atoms. The molecule has 3 aliphatic rings. The molecule has 2 saturated carbocycles. The number of likely N-dealkylation sites (tertiary alicyclic amines) is 1. The Morgan fingerprint density at radius 2 is 1.59 bits per heavy atom. The molecule has 16 nitrogen and oxygen atoms in total. The molecule has 2 unspecified atom stereocenters. The topological polar surface area (TPSA) is 221 Å². The largest absolute Gasteiger partial charge is 0.465 e. The van der Waals surface area contributed by atoms with Crippen LogP contribution < -0.4 is 21.3 Å². The molecular formula is C43H51N9O7. The third-order valence-electron chi connectivity index (χ3n) is 11.5. The molecule has 1 aliphatic heterocycles. The molecule has 3 aromatic carbocycles. The molecule has 7 rings (SSSR count). The lowest BCUT2D eigenvalue weighted by molar-refractivity contribution is -0.130. The van der Waals surface area contributed by atoms with Crippen molar-refractivity contribution < 1.29 is 33.8 Å². The fourth-order valence-electron chi connectivity index (χ4n) is 8.20. The number of H-pyrrole nitrogens is 1. The van der Waals surface area contributed by atoms with Gasteiger partial charge in [-0.25, -0.2) is 9.59 Å². The quantitative estimate of drug-likeness (QED) is 0.110. The Bertz CT molecular complexity index is 2150. The number of hydrogen-bond donors (Lipinski definition) is 6. The minimum absolute atomic E-state index is 0.000515. The van der Waals surface area contributed by atoms with Gasteiger partial charge in [0.1, 0.15) is 11.6 Å². The van der Waals surface area contributed by atoms with E-state index in [0.717, 1.165) is 40.7 Å². The number of piperidine rings is 1. The van der Waals surface area contributed by atoms with Crippen molar-refractivity contribution in [2.24, 2.45) is 23.7 Å². The number of aromatic amines is 1. The molecule has 0 bridgehead atoms. The van der Waals surface area contributed by atoms with Crippen molar-refractivity contribution in [3.05, 3.63) is 83.4 Å². The molecule has 0 spiro atoms. The predicted molar refractivity (Wildman–Crippen MR) is 218 cm³/mol. The number of tetrazole rings is 1. The monoisotopic (exact) mass is 805 g/mol. The first kappa shape index (κ1) is 40.9. The van der Waals surface area contributed by atoms with Crippen LogP contribution >= 0.6 is 0 Å². The highest BCUT2D eigenvalue weighted by molar-refractivity contribution is 5.98. The Morgan fingerprint density at radius 1 is 0.915 bits per heavy atom. The molecule has 3 fully saturated rings. The summed E-state index contributed by atoms with van der Waals surface area (Å²) in [6.07, 6.45) is 1.68. The first-order valence-electron chi connectivity index (χ1n) is 20.1. The predicted octanol–water partition coefficient (Wildman–Crippen LogP) is 5.18. The van der Waals surface area contributed by atoms with Gasteiger partial charge in [0, 0.05) is 66.7 Å². The minimum Gasteiger partial charge on any atom is -0.465 e. The van der Waals surface area contributed by atoms with E-state index in [0.29, 0.717) is 49.6 Å². The van der Waals surface area contributed by atoms with E-state index in [9.17, 15) is 29.1 Å². The molecule has 0 radical (unpaired) electrons. The molecule has 2 aliphatic carbocycles. The van der Waals surface area contributed by atoms with Gasteiger partial charge >= 0.3 is 12.2 Å². The second-order valence-electron chi connectivity index (χ2n) is 16.9. The zero-order chi connectivity index (χ0) is 41.8. The van der Waals surface area contributed by atoms with Gasteiger partial charge in [-0.3, -0.25) is 14.4 Å². The number of carboxylic acid groups (broad SMARTS) is 1. The highest BCUT2D eigenvalue weighted by Gasteiger charge is 2.57. The number of rotatable bonds is 12. The van der Waals surface area contributed by atoms with Gasteiger partial charge in [0.05, 0.1) is 0 Å². The maximum atomic E-state index is 13.9. The van der Waals surface area contributed by atoms with Crippen LogP contribution in [0.2, 0.25) is 0 Å². The van der Waals surface area contributed by atoms with Gasteiger partial charge < -0.3 is 36.0 Å². The van der Waals surface area contributed by atoms with Gasteiger partial charge in [-0.15, -0.1) is 10.2 Å². The Labute approximate surface area is 342 Å². The summed E-state index contributed by atoms with van der Waals surface area (Å²) in [5, 5.41) is 35.2. The first-order valence-corrected chi connectivity index (χ1v) is 20.1. The summed E-state index contributed by atoms with van der Waals surface area (Å²) in [7, 11) is 0. The molecule has 5 amide bonds. The summed E-state index contributed by atoms with van der Waals surface area (Å²) in [6.45, 7) is 8.79. The number of nitrogens with zero attached hydrogens (tertiary/aromatic N) is 4. The number of aromatic nitrogens is 4. The molecule has 3 atom stereocenters. The van der Waals surface area contributed by atoms with Crippen LogP contribution in [-0.2, 0) is 20.7 Å². The Balaban J connectivity index is 0.980. The summed E-state index contributed by atoms with van der Waals surface area (Å²) >= 11 is 0. The smallest absolute Gasteiger partial charge is 0.407 e. The molecule has 4 aromatic rings. The van der Waals surface area contributed by atoms with Gasteiger partial charge in [0.2, 0.25) is 17.6 Å². The van der Waals surface area contributed by atoms with Crippen LogP contribution in [0, 0.1) is 30.6 Å². The van der Waals surface area contributed by atoms with Crippen LogP contribution in [0.3, 0.4) is 0 Å². The average molecular weight is 806 g/mol. The molecule has 16 heteroatoms. The van der Waals surface area contributed by atoms with Crippen molar-refractivity contribution in [2.75, 3.05) is 25.0 Å². The maximum absolute atomic E-state index is 13.9. The average Bonchev–Trinajstić information content (AvgIpc) is 3.57. The van der Waals surface area contributed by atoms with Crippen LogP contribution in [0.25, 0.3) is 22.5 Å². The molecule has 1 aromatic heterocycles. The number of aryl methyl sites for hydroxylation is 1. The van der Waals surface area contributed by atoms with Crippen LogP contribution in [0.5, 0.6) is 0 Å². The number of alkyl carbamates (subject to hydrolysis) is 1. The number of hydrogen-bond acceptors (Lipinski definition) is 9. The highest BCUT2D eigenvalue weighted by atomic mass is 16.6. The Kier molecular flexibility index (Phi) is 12.0. The van der Waals surface area contributed by atoms with E-state index in [1.807, 2.05) is 64.1 Å². The highest BCUT2D eigenvalue weighted by Crippen LogP contribution is 2.45. The van der Waals surface area contributed by atoms with E-state index in [4.69, 9.17) is 4.74 Å². The lowest BCUT2D eigenvalue weighted by Crippen LogP contribution is -2.48. The number of fused-ring (bicyclic) bond motifs is 1. The van der Waals surface area contributed by atoms with Gasteiger partial charge in [0.25, 0.3) is 5.91 Å². The second kappa shape index (κ2) is 17.3. The number of benzene rings is 3. The summed E-state index contributed by atoms with van der Waals surface area (Å²) in [5.74, 6) is 0.0222. The van der Waals surface area contributed by atoms with Crippen molar-refractivity contribution >= 4 is 35.6 Å². The van der Waals surface area contributed by atoms with Crippen LogP contribution in [-0.4, -0.2) is 97.9 Å². The van der Waals surface area contributed by atoms with Crippen LogP contribution in [0.1, 0.15) is 67.9 Å². The molecule has 6 N–H and O–H groups in total. The number of ether oxygens (including phenoxy) is 1. The first-order chi connectivity index (χ1) is 28.2. The van der Waals surface area contributed by atoms with Crippen LogP contribution in [0.4, 0.5) is 15.3 Å². The second-order valence-corrected chi connectivity index (χ2v) is 16.9. The normalized spacial score (nSPS) is 21.4. The number of nitrogens with one attached hydrogen (secondary N) is 5. The SMILES string of the molecule is Cc1cc(C(=O)NC2C3CN(C(=O)O)CC32)ccc1-c1ccc(C[C@H](NC(=O)[C@H]2CC[C@H](CNC(=O)OC(C)(C)C)CC2)C(=O)Nc2ccc(-c3nn[nH]n3)cc2)cc1. The fourth-order valence-corrected chi connectivity index (χ4v) is 8.20. The van der Waals surface area contributed by atoms with Gasteiger partial charge in [-0.05, 0) is 123 Å². The Morgan fingerprint density at radius 3 is 2.20 bits per heavy atom. The summed E-state index contributed by atoms with van der Waals surface area (Å²) in [5.41, 5.74) is 4.90.